The molecule has 1 unspecified atom stereocenters. The molecular formula is C13H17N5. The van der Waals surface area contributed by atoms with Crippen LogP contribution in [0.5, 0.6) is 0 Å². The van der Waals surface area contributed by atoms with Crippen molar-refractivity contribution < 1.29 is 0 Å². The molecule has 0 fully saturated rings. The van der Waals surface area contributed by atoms with Crippen LogP contribution in [-0.4, -0.2) is 19.7 Å². The molecule has 3 rings (SSSR count). The quantitative estimate of drug-likeness (QED) is 0.883. The number of aromatic nitrogens is 4. The summed E-state index contributed by atoms with van der Waals surface area (Å²) in [4.78, 5) is 4.48. The van der Waals surface area contributed by atoms with Gasteiger partial charge in [0.25, 0.3) is 0 Å². The van der Waals surface area contributed by atoms with Gasteiger partial charge in [-0.1, -0.05) is 6.07 Å². The Morgan fingerprint density at radius 2 is 2.44 bits per heavy atom. The third kappa shape index (κ3) is 2.01. The number of fused-ring (bicyclic) bond motifs is 1. The van der Waals surface area contributed by atoms with Crippen molar-refractivity contribution in [3.8, 4) is 0 Å². The lowest BCUT2D eigenvalue weighted by molar-refractivity contribution is 0.498. The van der Waals surface area contributed by atoms with Crippen molar-refractivity contribution in [3.63, 3.8) is 0 Å². The second kappa shape index (κ2) is 4.86. The molecule has 1 aliphatic carbocycles. The number of nitrogens with zero attached hydrogens (tertiary/aromatic N) is 4. The SMILES string of the molecule is CCn1cnnc1CNC1CCc2cccnc21. The normalized spacial score (nSPS) is 17.9. The maximum atomic E-state index is 4.48. The molecule has 1 aliphatic rings. The van der Waals surface area contributed by atoms with Crippen LogP contribution in [0.15, 0.2) is 24.7 Å². The number of pyridine rings is 1. The fourth-order valence-electron chi connectivity index (χ4n) is 2.51. The highest BCUT2D eigenvalue weighted by Gasteiger charge is 2.23. The zero-order valence-corrected chi connectivity index (χ0v) is 10.5. The van der Waals surface area contributed by atoms with E-state index >= 15 is 0 Å². The van der Waals surface area contributed by atoms with E-state index in [0.29, 0.717) is 6.04 Å². The van der Waals surface area contributed by atoms with Crippen LogP contribution < -0.4 is 5.32 Å². The monoisotopic (exact) mass is 243 g/mol. The summed E-state index contributed by atoms with van der Waals surface area (Å²) in [6, 6.07) is 4.52. The molecule has 2 aromatic heterocycles. The summed E-state index contributed by atoms with van der Waals surface area (Å²) >= 11 is 0. The van der Waals surface area contributed by atoms with Gasteiger partial charge in [-0.25, -0.2) is 0 Å². The molecule has 2 aromatic rings. The second-order valence-electron chi connectivity index (χ2n) is 4.55. The summed E-state index contributed by atoms with van der Waals surface area (Å²) in [5, 5.41) is 11.6. The standard InChI is InChI=1S/C13H17N5/c1-2-18-9-16-17-12(18)8-15-11-6-5-10-4-3-7-14-13(10)11/h3-4,7,9,11,15H,2,5-6,8H2,1H3. The average Bonchev–Trinajstić information content (AvgIpc) is 3.02. The van der Waals surface area contributed by atoms with E-state index in [1.807, 2.05) is 12.3 Å². The number of nitrogens with one attached hydrogen (secondary N) is 1. The zero-order chi connectivity index (χ0) is 12.4. The number of rotatable bonds is 4. The smallest absolute Gasteiger partial charge is 0.146 e. The summed E-state index contributed by atoms with van der Waals surface area (Å²) in [7, 11) is 0. The molecule has 0 saturated carbocycles. The molecular weight excluding hydrogens is 226 g/mol. The molecule has 0 saturated heterocycles. The summed E-state index contributed by atoms with van der Waals surface area (Å²) in [5.41, 5.74) is 2.56. The highest BCUT2D eigenvalue weighted by Crippen LogP contribution is 2.28. The van der Waals surface area contributed by atoms with Crippen LogP contribution in [0.25, 0.3) is 0 Å². The van der Waals surface area contributed by atoms with Crippen LogP contribution in [0.4, 0.5) is 0 Å². The molecule has 0 bridgehead atoms. The van der Waals surface area contributed by atoms with Gasteiger partial charge in [0.15, 0.2) is 0 Å². The highest BCUT2D eigenvalue weighted by atomic mass is 15.3. The summed E-state index contributed by atoms with van der Waals surface area (Å²) in [6.07, 6.45) is 5.87. The minimum absolute atomic E-state index is 0.350. The first-order valence-electron chi connectivity index (χ1n) is 6.42. The van der Waals surface area contributed by atoms with Gasteiger partial charge in [0.05, 0.1) is 18.3 Å². The van der Waals surface area contributed by atoms with Gasteiger partial charge in [-0.15, -0.1) is 10.2 Å². The predicted molar refractivity (Wildman–Crippen MR) is 67.8 cm³/mol. The first-order chi connectivity index (χ1) is 8.88. The maximum absolute atomic E-state index is 4.48. The highest BCUT2D eigenvalue weighted by molar-refractivity contribution is 5.27. The minimum Gasteiger partial charge on any atom is -0.317 e. The van der Waals surface area contributed by atoms with Crippen LogP contribution in [0.3, 0.4) is 0 Å². The van der Waals surface area contributed by atoms with Gasteiger partial charge in [-0.2, -0.15) is 0 Å². The van der Waals surface area contributed by atoms with Gasteiger partial charge in [-0.3, -0.25) is 4.98 Å². The van der Waals surface area contributed by atoms with Crippen molar-refractivity contribution in [1.29, 1.82) is 0 Å². The van der Waals surface area contributed by atoms with E-state index in [1.54, 1.807) is 6.33 Å². The third-order valence-electron chi connectivity index (χ3n) is 3.50. The molecule has 5 heteroatoms. The molecule has 0 radical (unpaired) electrons. The van der Waals surface area contributed by atoms with Crippen LogP contribution >= 0.6 is 0 Å². The van der Waals surface area contributed by atoms with E-state index in [2.05, 4.69) is 38.1 Å². The summed E-state index contributed by atoms with van der Waals surface area (Å²) < 4.78 is 2.06. The fraction of sp³-hybridized carbons (Fsp3) is 0.462. The van der Waals surface area contributed by atoms with Gasteiger partial charge < -0.3 is 9.88 Å². The molecule has 5 nitrogen and oxygen atoms in total. The zero-order valence-electron chi connectivity index (χ0n) is 10.5. The Kier molecular flexibility index (Phi) is 3.06. The van der Waals surface area contributed by atoms with Crippen molar-refractivity contribution in [2.24, 2.45) is 0 Å². The van der Waals surface area contributed by atoms with Crippen LogP contribution in [0, 0.1) is 0 Å². The fourth-order valence-corrected chi connectivity index (χ4v) is 2.51. The van der Waals surface area contributed by atoms with Crippen molar-refractivity contribution in [2.45, 2.75) is 38.9 Å². The van der Waals surface area contributed by atoms with Crippen LogP contribution in [0.1, 0.15) is 36.5 Å². The summed E-state index contributed by atoms with van der Waals surface area (Å²) in [6.45, 7) is 3.75. The molecule has 94 valence electrons. The van der Waals surface area contributed by atoms with E-state index in [-0.39, 0.29) is 0 Å². The van der Waals surface area contributed by atoms with E-state index in [9.17, 15) is 0 Å². The van der Waals surface area contributed by atoms with Gasteiger partial charge in [-0.05, 0) is 31.4 Å². The third-order valence-corrected chi connectivity index (χ3v) is 3.50. The first-order valence-corrected chi connectivity index (χ1v) is 6.42. The molecule has 0 aliphatic heterocycles. The topological polar surface area (TPSA) is 55.6 Å². The predicted octanol–water partition coefficient (Wildman–Crippen LogP) is 1.47. The van der Waals surface area contributed by atoms with Crippen LogP contribution in [-0.2, 0) is 19.5 Å². The Morgan fingerprint density at radius 1 is 1.50 bits per heavy atom. The van der Waals surface area contributed by atoms with E-state index < -0.39 is 0 Å². The van der Waals surface area contributed by atoms with E-state index in [4.69, 9.17) is 0 Å². The molecule has 0 aromatic carbocycles. The number of hydrogen-bond acceptors (Lipinski definition) is 4. The Bertz CT molecular complexity index is 534. The lowest BCUT2D eigenvalue weighted by Crippen LogP contribution is -2.21. The minimum atomic E-state index is 0.350. The largest absolute Gasteiger partial charge is 0.317 e. The van der Waals surface area contributed by atoms with Gasteiger partial charge in [0, 0.05) is 12.7 Å². The number of hydrogen-bond donors (Lipinski definition) is 1. The van der Waals surface area contributed by atoms with Gasteiger partial charge in [0.1, 0.15) is 12.2 Å². The lowest BCUT2D eigenvalue weighted by atomic mass is 10.2. The Labute approximate surface area is 106 Å². The van der Waals surface area contributed by atoms with Crippen molar-refractivity contribution in [2.75, 3.05) is 0 Å². The van der Waals surface area contributed by atoms with Crippen molar-refractivity contribution >= 4 is 0 Å². The molecule has 0 spiro atoms. The number of aryl methyl sites for hydroxylation is 2. The van der Waals surface area contributed by atoms with Crippen molar-refractivity contribution in [3.05, 3.63) is 41.7 Å². The van der Waals surface area contributed by atoms with Gasteiger partial charge >= 0.3 is 0 Å². The average molecular weight is 243 g/mol. The Balaban J connectivity index is 1.69. The molecule has 1 atom stereocenters. The molecule has 2 heterocycles. The first kappa shape index (κ1) is 11.3. The lowest BCUT2D eigenvalue weighted by Gasteiger charge is -2.12. The van der Waals surface area contributed by atoms with Gasteiger partial charge in [0.2, 0.25) is 0 Å². The Morgan fingerprint density at radius 3 is 3.33 bits per heavy atom. The van der Waals surface area contributed by atoms with E-state index in [0.717, 1.165) is 31.8 Å². The van der Waals surface area contributed by atoms with E-state index in [1.165, 1.54) is 11.3 Å². The Hall–Kier alpha value is -1.75. The molecule has 0 amide bonds. The maximum Gasteiger partial charge on any atom is 0.146 e. The molecule has 1 N–H and O–H groups in total. The second-order valence-corrected chi connectivity index (χ2v) is 4.55. The van der Waals surface area contributed by atoms with Crippen molar-refractivity contribution in [1.82, 2.24) is 25.1 Å². The summed E-state index contributed by atoms with van der Waals surface area (Å²) in [5.74, 6) is 0.988. The van der Waals surface area contributed by atoms with Crippen LogP contribution in [0.2, 0.25) is 0 Å². The molecule has 18 heavy (non-hydrogen) atoms.